The highest BCUT2D eigenvalue weighted by atomic mass is 16.5. The Labute approximate surface area is 211 Å². The minimum Gasteiger partial charge on any atom is -0.497 e. The van der Waals surface area contributed by atoms with E-state index in [0.29, 0.717) is 24.5 Å². The van der Waals surface area contributed by atoms with E-state index in [9.17, 15) is 9.59 Å². The summed E-state index contributed by atoms with van der Waals surface area (Å²) in [5.74, 6) is 1.28. The Morgan fingerprint density at radius 3 is 2.42 bits per heavy atom. The Kier molecular flexibility index (Phi) is 8.02. The van der Waals surface area contributed by atoms with Crippen LogP contribution in [0.2, 0.25) is 0 Å². The van der Waals surface area contributed by atoms with Gasteiger partial charge in [-0.05, 0) is 54.6 Å². The number of hydrogen-bond donors (Lipinski definition) is 1. The van der Waals surface area contributed by atoms with Gasteiger partial charge in [0.25, 0.3) is 5.91 Å². The molecule has 1 atom stereocenters. The predicted octanol–water partition coefficient (Wildman–Crippen LogP) is 4.70. The normalized spacial score (nSPS) is 11.9. The van der Waals surface area contributed by atoms with Crippen LogP contribution in [0.5, 0.6) is 11.5 Å². The van der Waals surface area contributed by atoms with E-state index in [1.54, 1.807) is 25.2 Å². The number of aromatic nitrogens is 1. The van der Waals surface area contributed by atoms with E-state index in [0.717, 1.165) is 34.1 Å². The number of rotatable bonds is 11. The molecule has 0 aliphatic heterocycles. The minimum atomic E-state index is -0.229. The lowest BCUT2D eigenvalue weighted by Crippen LogP contribution is -2.40. The second-order valence-electron chi connectivity index (χ2n) is 8.71. The van der Waals surface area contributed by atoms with Gasteiger partial charge in [0, 0.05) is 24.0 Å². The van der Waals surface area contributed by atoms with Crippen LogP contribution in [0, 0.1) is 0 Å². The number of carbonyl (C=O) groups excluding carboxylic acids is 2. The predicted molar refractivity (Wildman–Crippen MR) is 140 cm³/mol. The molecular weight excluding hydrogens is 454 g/mol. The summed E-state index contributed by atoms with van der Waals surface area (Å²) in [6, 6.07) is 25.2. The number of aldehydes is 1. The van der Waals surface area contributed by atoms with E-state index >= 15 is 0 Å². The number of aromatic amines is 1. The van der Waals surface area contributed by atoms with Crippen molar-refractivity contribution in [2.24, 2.45) is 0 Å². The van der Waals surface area contributed by atoms with Crippen molar-refractivity contribution in [3.8, 4) is 11.5 Å². The Hall–Kier alpha value is -4.10. The topological polar surface area (TPSA) is 74.9 Å². The zero-order valence-corrected chi connectivity index (χ0v) is 20.8. The van der Waals surface area contributed by atoms with Gasteiger partial charge in [0.2, 0.25) is 0 Å². The fourth-order valence-electron chi connectivity index (χ4n) is 4.41. The smallest absolute Gasteiger partial charge is 0.270 e. The van der Waals surface area contributed by atoms with Gasteiger partial charge in [0.1, 0.15) is 23.5 Å². The molecule has 4 rings (SSSR count). The molecule has 7 heteroatoms. The first-order chi connectivity index (χ1) is 17.5. The zero-order chi connectivity index (χ0) is 25.5. The number of carbonyl (C=O) groups is 2. The van der Waals surface area contributed by atoms with Gasteiger partial charge in [-0.2, -0.15) is 0 Å². The SMILES string of the molecule is COc1cccc(CN(C)[C@H](CN(CC=O)C(=O)c2cc3cc(OC)ccc3[nH]2)c2ccccc2)c1. The van der Waals surface area contributed by atoms with Crippen molar-refractivity contribution in [1.82, 2.24) is 14.8 Å². The van der Waals surface area contributed by atoms with Crippen molar-refractivity contribution in [2.75, 3.05) is 34.4 Å². The molecule has 0 aliphatic rings. The van der Waals surface area contributed by atoms with Crippen molar-refractivity contribution in [2.45, 2.75) is 12.6 Å². The third-order valence-corrected chi connectivity index (χ3v) is 6.32. The van der Waals surface area contributed by atoms with Gasteiger partial charge in [-0.3, -0.25) is 9.69 Å². The average Bonchev–Trinajstić information content (AvgIpc) is 3.34. The number of fused-ring (bicyclic) bond motifs is 1. The molecule has 0 fully saturated rings. The van der Waals surface area contributed by atoms with Crippen LogP contribution in [0.15, 0.2) is 78.9 Å². The van der Waals surface area contributed by atoms with Gasteiger partial charge in [-0.1, -0.05) is 42.5 Å². The van der Waals surface area contributed by atoms with Gasteiger partial charge < -0.3 is 24.2 Å². The monoisotopic (exact) mass is 485 g/mol. The highest BCUT2D eigenvalue weighted by Gasteiger charge is 2.25. The second-order valence-corrected chi connectivity index (χ2v) is 8.71. The van der Waals surface area contributed by atoms with Crippen molar-refractivity contribution < 1.29 is 19.1 Å². The summed E-state index contributed by atoms with van der Waals surface area (Å²) in [7, 11) is 5.28. The van der Waals surface area contributed by atoms with E-state index in [-0.39, 0.29) is 18.5 Å². The molecule has 0 radical (unpaired) electrons. The number of methoxy groups -OCH3 is 2. The van der Waals surface area contributed by atoms with Crippen molar-refractivity contribution in [3.63, 3.8) is 0 Å². The largest absolute Gasteiger partial charge is 0.497 e. The molecule has 0 spiro atoms. The lowest BCUT2D eigenvalue weighted by Gasteiger charge is -2.33. The third-order valence-electron chi connectivity index (χ3n) is 6.32. The van der Waals surface area contributed by atoms with E-state index in [2.05, 4.69) is 9.88 Å². The molecule has 1 heterocycles. The molecule has 1 aromatic heterocycles. The van der Waals surface area contributed by atoms with Crippen LogP contribution in [0.1, 0.15) is 27.7 Å². The van der Waals surface area contributed by atoms with E-state index in [4.69, 9.17) is 9.47 Å². The summed E-state index contributed by atoms with van der Waals surface area (Å²) < 4.78 is 10.7. The number of hydrogen-bond acceptors (Lipinski definition) is 5. The minimum absolute atomic E-state index is 0.00610. The molecule has 186 valence electrons. The van der Waals surface area contributed by atoms with Crippen LogP contribution in [0.25, 0.3) is 10.9 Å². The molecule has 36 heavy (non-hydrogen) atoms. The molecule has 0 saturated heterocycles. The zero-order valence-electron chi connectivity index (χ0n) is 20.8. The van der Waals surface area contributed by atoms with Gasteiger partial charge in [0.15, 0.2) is 0 Å². The number of likely N-dealkylation sites (N-methyl/N-ethyl adjacent to an activating group) is 1. The maximum absolute atomic E-state index is 13.6. The van der Waals surface area contributed by atoms with Gasteiger partial charge >= 0.3 is 0 Å². The molecule has 0 unspecified atom stereocenters. The first kappa shape index (κ1) is 25.0. The number of benzene rings is 3. The van der Waals surface area contributed by atoms with Gasteiger partial charge in [-0.15, -0.1) is 0 Å². The van der Waals surface area contributed by atoms with Crippen LogP contribution in [0.4, 0.5) is 0 Å². The Bertz CT molecular complexity index is 1320. The lowest BCUT2D eigenvalue weighted by atomic mass is 10.0. The molecule has 3 aromatic carbocycles. The number of ether oxygens (including phenoxy) is 2. The maximum Gasteiger partial charge on any atom is 0.270 e. The van der Waals surface area contributed by atoms with Gasteiger partial charge in [-0.25, -0.2) is 0 Å². The van der Waals surface area contributed by atoms with Crippen molar-refractivity contribution in [3.05, 3.63) is 95.7 Å². The molecule has 4 aromatic rings. The first-order valence-electron chi connectivity index (χ1n) is 11.8. The van der Waals surface area contributed by atoms with Crippen molar-refractivity contribution in [1.29, 1.82) is 0 Å². The molecule has 7 nitrogen and oxygen atoms in total. The standard InChI is InChI=1S/C29H31N3O4/c1-31(19-21-8-7-11-24(16-21)35-2)28(22-9-5-4-6-10-22)20-32(14-15-33)29(34)27-18-23-17-25(36-3)12-13-26(23)30-27/h4-13,15-18,28,30H,14,19-20H2,1-3H3/t28-/m1/s1. The summed E-state index contributed by atoms with van der Waals surface area (Å²) >= 11 is 0. The number of nitrogens with one attached hydrogen (secondary N) is 1. The summed E-state index contributed by atoms with van der Waals surface area (Å²) in [5.41, 5.74) is 3.42. The quantitative estimate of drug-likeness (QED) is 0.312. The Morgan fingerprint density at radius 1 is 0.944 bits per heavy atom. The molecule has 0 saturated carbocycles. The Balaban J connectivity index is 1.61. The molecule has 1 N–H and O–H groups in total. The highest BCUT2D eigenvalue weighted by Crippen LogP contribution is 2.26. The summed E-state index contributed by atoms with van der Waals surface area (Å²) in [5, 5.41) is 0.874. The van der Waals surface area contributed by atoms with Crippen LogP contribution in [0.3, 0.4) is 0 Å². The lowest BCUT2D eigenvalue weighted by molar-refractivity contribution is -0.108. The Morgan fingerprint density at radius 2 is 1.69 bits per heavy atom. The molecule has 0 aliphatic carbocycles. The fraction of sp³-hybridized carbons (Fsp3) is 0.241. The average molecular weight is 486 g/mol. The van der Waals surface area contributed by atoms with E-state index < -0.39 is 0 Å². The first-order valence-corrected chi connectivity index (χ1v) is 11.8. The van der Waals surface area contributed by atoms with Crippen LogP contribution in [-0.2, 0) is 11.3 Å². The number of amides is 1. The van der Waals surface area contributed by atoms with Crippen LogP contribution < -0.4 is 9.47 Å². The fourth-order valence-corrected chi connectivity index (χ4v) is 4.41. The summed E-state index contributed by atoms with van der Waals surface area (Å²) in [4.78, 5) is 32.1. The van der Waals surface area contributed by atoms with E-state index in [1.807, 2.05) is 79.8 Å². The second kappa shape index (κ2) is 11.6. The molecule has 0 bridgehead atoms. The maximum atomic E-state index is 13.6. The summed E-state index contributed by atoms with van der Waals surface area (Å²) in [6.45, 7) is 0.987. The highest BCUT2D eigenvalue weighted by molar-refractivity contribution is 5.99. The van der Waals surface area contributed by atoms with E-state index in [1.165, 1.54) is 0 Å². The molecule has 1 amide bonds. The van der Waals surface area contributed by atoms with Gasteiger partial charge in [0.05, 0.1) is 26.8 Å². The third kappa shape index (κ3) is 5.75. The summed E-state index contributed by atoms with van der Waals surface area (Å²) in [6.07, 6.45) is 0.772. The van der Waals surface area contributed by atoms with Crippen LogP contribution >= 0.6 is 0 Å². The van der Waals surface area contributed by atoms with Crippen LogP contribution in [-0.4, -0.2) is 61.3 Å². The van der Waals surface area contributed by atoms with Crippen molar-refractivity contribution >= 4 is 23.1 Å². The number of nitrogens with zero attached hydrogens (tertiary/aromatic N) is 2. The number of H-pyrrole nitrogens is 1. The molecular formula is C29H31N3O4.